The molecule has 2 heterocycles. The third-order valence-electron chi connectivity index (χ3n) is 5.99. The highest BCUT2D eigenvalue weighted by Crippen LogP contribution is 2.27. The van der Waals surface area contributed by atoms with Crippen molar-refractivity contribution < 1.29 is 4.79 Å². The summed E-state index contributed by atoms with van der Waals surface area (Å²) in [6.07, 6.45) is 3.37. The molecule has 3 N–H and O–H groups in total. The number of carbonyl (C=O) groups excluding carboxylic acids is 1. The number of benzene rings is 2. The van der Waals surface area contributed by atoms with Gasteiger partial charge in [-0.15, -0.1) is 0 Å². The van der Waals surface area contributed by atoms with Gasteiger partial charge in [0.15, 0.2) is 0 Å². The van der Waals surface area contributed by atoms with Crippen molar-refractivity contribution in [3.8, 4) is 0 Å². The summed E-state index contributed by atoms with van der Waals surface area (Å²) >= 11 is 12.3. The van der Waals surface area contributed by atoms with Gasteiger partial charge in [-0.2, -0.15) is 0 Å². The van der Waals surface area contributed by atoms with Crippen molar-refractivity contribution >= 4 is 46.7 Å². The number of nitrogens with one attached hydrogen (secondary N) is 3. The first-order valence-electron chi connectivity index (χ1n) is 10.6. The van der Waals surface area contributed by atoms with Gasteiger partial charge in [-0.1, -0.05) is 29.3 Å². The van der Waals surface area contributed by atoms with Crippen LogP contribution in [0.15, 0.2) is 36.4 Å². The zero-order valence-electron chi connectivity index (χ0n) is 17.3. The SMILES string of the molecule is N=Cc1ccc(N2CCN(C(=O)[C@H]3CCCN3)CC2)cc1NCc1ccc(Cl)cc1Cl. The Hall–Kier alpha value is -2.28. The molecule has 8 heteroatoms. The van der Waals surface area contributed by atoms with Crippen LogP contribution in [0.5, 0.6) is 0 Å². The highest BCUT2D eigenvalue weighted by molar-refractivity contribution is 6.35. The number of hydrogen-bond acceptors (Lipinski definition) is 5. The molecule has 2 aromatic carbocycles. The van der Waals surface area contributed by atoms with E-state index in [0.29, 0.717) is 16.6 Å². The molecule has 0 aromatic heterocycles. The normalized spacial score (nSPS) is 18.8. The summed E-state index contributed by atoms with van der Waals surface area (Å²) in [7, 11) is 0. The van der Waals surface area contributed by atoms with Gasteiger partial charge >= 0.3 is 0 Å². The van der Waals surface area contributed by atoms with Gasteiger partial charge in [-0.25, -0.2) is 0 Å². The van der Waals surface area contributed by atoms with Crippen molar-refractivity contribution in [2.45, 2.75) is 25.4 Å². The number of hydrogen-bond donors (Lipinski definition) is 3. The Balaban J connectivity index is 1.41. The molecule has 1 atom stereocenters. The molecule has 0 spiro atoms. The molecule has 2 aliphatic rings. The average Bonchev–Trinajstić information content (AvgIpc) is 3.33. The highest BCUT2D eigenvalue weighted by atomic mass is 35.5. The minimum absolute atomic E-state index is 0.00563. The minimum Gasteiger partial charge on any atom is -0.380 e. The molecule has 0 radical (unpaired) electrons. The van der Waals surface area contributed by atoms with Crippen LogP contribution in [0.25, 0.3) is 0 Å². The van der Waals surface area contributed by atoms with Crippen molar-refractivity contribution in [2.75, 3.05) is 42.9 Å². The molecule has 0 saturated carbocycles. The number of nitrogens with zero attached hydrogens (tertiary/aromatic N) is 2. The Morgan fingerprint density at radius 2 is 1.97 bits per heavy atom. The molecule has 2 fully saturated rings. The minimum atomic E-state index is -0.00563. The fourth-order valence-electron chi connectivity index (χ4n) is 4.18. The summed E-state index contributed by atoms with van der Waals surface area (Å²) < 4.78 is 0. The summed E-state index contributed by atoms with van der Waals surface area (Å²) in [5.74, 6) is 0.235. The summed E-state index contributed by atoms with van der Waals surface area (Å²) in [4.78, 5) is 16.9. The van der Waals surface area contributed by atoms with E-state index in [1.807, 2.05) is 29.2 Å². The monoisotopic (exact) mass is 459 g/mol. The molecular formula is C23H27Cl2N5O. The Kier molecular flexibility index (Phi) is 7.00. The van der Waals surface area contributed by atoms with Crippen LogP contribution >= 0.6 is 23.2 Å². The summed E-state index contributed by atoms with van der Waals surface area (Å²) in [6, 6.07) is 11.5. The number of anilines is 2. The molecular weight excluding hydrogens is 433 g/mol. The number of halogens is 2. The Morgan fingerprint density at radius 1 is 1.16 bits per heavy atom. The van der Waals surface area contributed by atoms with E-state index in [4.69, 9.17) is 28.6 Å². The third-order valence-corrected chi connectivity index (χ3v) is 6.58. The number of piperazine rings is 1. The zero-order chi connectivity index (χ0) is 21.8. The number of rotatable bonds is 6. The van der Waals surface area contributed by atoms with Gasteiger partial charge in [-0.3, -0.25) is 4.79 Å². The van der Waals surface area contributed by atoms with Crippen molar-refractivity contribution in [3.63, 3.8) is 0 Å². The van der Waals surface area contributed by atoms with E-state index >= 15 is 0 Å². The lowest BCUT2D eigenvalue weighted by molar-refractivity contribution is -0.133. The van der Waals surface area contributed by atoms with Gasteiger partial charge in [-0.05, 0) is 55.3 Å². The number of amides is 1. The van der Waals surface area contributed by atoms with Crippen molar-refractivity contribution in [2.24, 2.45) is 0 Å². The van der Waals surface area contributed by atoms with Gasteiger partial charge < -0.3 is 25.8 Å². The smallest absolute Gasteiger partial charge is 0.239 e. The van der Waals surface area contributed by atoms with E-state index in [-0.39, 0.29) is 11.9 Å². The Labute approximate surface area is 193 Å². The number of carbonyl (C=O) groups is 1. The van der Waals surface area contributed by atoms with Crippen molar-refractivity contribution in [3.05, 3.63) is 57.6 Å². The first-order valence-corrected chi connectivity index (χ1v) is 11.4. The van der Waals surface area contributed by atoms with E-state index in [9.17, 15) is 4.79 Å². The maximum absolute atomic E-state index is 12.6. The van der Waals surface area contributed by atoms with Gasteiger partial charge in [0.05, 0.1) is 6.04 Å². The van der Waals surface area contributed by atoms with Crippen LogP contribution in [0.4, 0.5) is 11.4 Å². The van der Waals surface area contributed by atoms with E-state index < -0.39 is 0 Å². The Bertz CT molecular complexity index is 953. The molecule has 0 bridgehead atoms. The Morgan fingerprint density at radius 3 is 2.65 bits per heavy atom. The lowest BCUT2D eigenvalue weighted by Crippen LogP contribution is -2.53. The highest BCUT2D eigenvalue weighted by Gasteiger charge is 2.29. The molecule has 6 nitrogen and oxygen atoms in total. The van der Waals surface area contributed by atoms with Crippen LogP contribution in [0.2, 0.25) is 10.0 Å². The largest absolute Gasteiger partial charge is 0.380 e. The molecule has 2 saturated heterocycles. The average molecular weight is 460 g/mol. The molecule has 31 heavy (non-hydrogen) atoms. The van der Waals surface area contributed by atoms with Gasteiger partial charge in [0.1, 0.15) is 0 Å². The van der Waals surface area contributed by atoms with E-state index in [1.54, 1.807) is 6.07 Å². The van der Waals surface area contributed by atoms with Crippen LogP contribution in [0.3, 0.4) is 0 Å². The van der Waals surface area contributed by atoms with Gasteiger partial charge in [0, 0.05) is 65.9 Å². The van der Waals surface area contributed by atoms with E-state index in [0.717, 1.165) is 68.1 Å². The van der Waals surface area contributed by atoms with E-state index in [1.165, 1.54) is 6.21 Å². The lowest BCUT2D eigenvalue weighted by atomic mass is 10.1. The molecule has 4 rings (SSSR count). The van der Waals surface area contributed by atoms with Crippen molar-refractivity contribution in [1.82, 2.24) is 10.2 Å². The molecule has 0 unspecified atom stereocenters. The lowest BCUT2D eigenvalue weighted by Gasteiger charge is -2.37. The first-order chi connectivity index (χ1) is 15.0. The van der Waals surface area contributed by atoms with Gasteiger partial charge in [0.2, 0.25) is 5.91 Å². The predicted molar refractivity (Wildman–Crippen MR) is 128 cm³/mol. The molecule has 164 valence electrons. The second-order valence-corrected chi connectivity index (χ2v) is 8.81. The quantitative estimate of drug-likeness (QED) is 0.570. The third kappa shape index (κ3) is 5.14. The summed E-state index contributed by atoms with van der Waals surface area (Å²) in [5, 5.41) is 15.7. The standard InChI is InChI=1S/C23H27Cl2N5O/c24-18-5-3-17(20(25)12-18)15-28-22-13-19(6-4-16(22)14-26)29-8-10-30(11-9-29)23(31)21-2-1-7-27-21/h3-6,12-14,21,26-28H,1-2,7-11,15H2/t21-/m1/s1. The van der Waals surface area contributed by atoms with Crippen LogP contribution in [0, 0.1) is 5.41 Å². The maximum atomic E-state index is 12.6. The van der Waals surface area contributed by atoms with Crippen LogP contribution in [-0.4, -0.2) is 55.8 Å². The second kappa shape index (κ2) is 9.90. The molecule has 1 amide bonds. The maximum Gasteiger partial charge on any atom is 0.239 e. The fourth-order valence-corrected chi connectivity index (χ4v) is 4.65. The van der Waals surface area contributed by atoms with Crippen LogP contribution < -0.4 is 15.5 Å². The summed E-state index contributed by atoms with van der Waals surface area (Å²) in [5.41, 5.74) is 3.73. The van der Waals surface area contributed by atoms with Gasteiger partial charge in [0.25, 0.3) is 0 Å². The zero-order valence-corrected chi connectivity index (χ0v) is 18.8. The predicted octanol–water partition coefficient (Wildman–Crippen LogP) is 4.00. The fraction of sp³-hybridized carbons (Fsp3) is 0.391. The first kappa shape index (κ1) is 21.9. The molecule has 2 aliphatic heterocycles. The van der Waals surface area contributed by atoms with E-state index in [2.05, 4.69) is 21.6 Å². The summed E-state index contributed by atoms with van der Waals surface area (Å²) in [6.45, 7) is 4.53. The van der Waals surface area contributed by atoms with Crippen LogP contribution in [-0.2, 0) is 11.3 Å². The molecule has 0 aliphatic carbocycles. The topological polar surface area (TPSA) is 71.5 Å². The molecule has 2 aromatic rings. The second-order valence-electron chi connectivity index (χ2n) is 7.97. The van der Waals surface area contributed by atoms with Crippen molar-refractivity contribution in [1.29, 1.82) is 5.41 Å². The van der Waals surface area contributed by atoms with Crippen LogP contribution in [0.1, 0.15) is 24.0 Å².